The number of para-hydroxylation sites is 5. The maximum Gasteiger partial charge on any atom is 0.0619 e. The summed E-state index contributed by atoms with van der Waals surface area (Å²) in [5, 5.41) is 7.88. The molecule has 0 atom stereocenters. The van der Waals surface area contributed by atoms with Crippen molar-refractivity contribution in [3.8, 4) is 27.9 Å². The third-order valence-corrected chi connectivity index (χ3v) is 14.1. The van der Waals surface area contributed by atoms with E-state index in [1.54, 1.807) is 5.56 Å². The summed E-state index contributed by atoms with van der Waals surface area (Å²) < 4.78 is 2.45. The largest absolute Gasteiger partial charge is 0.309 e. The van der Waals surface area contributed by atoms with E-state index in [1.165, 1.54) is 114 Å². The average Bonchev–Trinajstić information content (AvgIpc) is 3.72. The first kappa shape index (κ1) is 38.3. The van der Waals surface area contributed by atoms with Gasteiger partial charge in [-0.1, -0.05) is 189 Å². The molecule has 0 spiro atoms. The van der Waals surface area contributed by atoms with E-state index in [9.17, 15) is 0 Å². The van der Waals surface area contributed by atoms with Crippen molar-refractivity contribution < 1.29 is 0 Å². The molecule has 0 N–H and O–H groups in total. The molecule has 10 aromatic rings. The molecular formula is C62H50N2. The van der Waals surface area contributed by atoms with Crippen LogP contribution in [0.1, 0.15) is 62.0 Å². The molecular weight excluding hydrogens is 773 g/mol. The monoisotopic (exact) mass is 822 g/mol. The third kappa shape index (κ3) is 6.56. The van der Waals surface area contributed by atoms with Crippen molar-refractivity contribution in [2.75, 3.05) is 4.90 Å². The van der Waals surface area contributed by atoms with E-state index in [2.05, 4.69) is 222 Å². The van der Waals surface area contributed by atoms with Crippen LogP contribution in [0, 0.1) is 0 Å². The fourth-order valence-electron chi connectivity index (χ4n) is 11.2. The second-order valence-corrected chi connectivity index (χ2v) is 17.7. The molecule has 12 rings (SSSR count). The Morgan fingerprint density at radius 2 is 1.11 bits per heavy atom. The van der Waals surface area contributed by atoms with Crippen molar-refractivity contribution >= 4 is 61.3 Å². The van der Waals surface area contributed by atoms with Gasteiger partial charge in [-0.2, -0.15) is 0 Å². The molecule has 2 heteroatoms. The zero-order chi connectivity index (χ0) is 42.4. The van der Waals surface area contributed by atoms with Gasteiger partial charge in [0, 0.05) is 38.8 Å². The molecule has 64 heavy (non-hydrogen) atoms. The van der Waals surface area contributed by atoms with Gasteiger partial charge in [0.2, 0.25) is 0 Å². The Kier molecular flexibility index (Phi) is 9.79. The standard InChI is InChI=1S/C62H50N2/c1-3-20-44(21-4-1)50-34-17-24-45-25-18-37-56(61(45)50)54-32-10-13-40-59(54)63(58-39-12-9-31-53(58)52-36-16-23-43-22-7-8-30-49(43)52)48-29-15-26-46(42-48)51-35-19-38-57-55-33-11-14-41-60(55)64(62(51)57)47-27-5-2-6-28-47/h2,5-17,19,22-36,38-42,44H,1,3-4,18,20-21,37H2. The zero-order valence-corrected chi connectivity index (χ0v) is 36.1. The summed E-state index contributed by atoms with van der Waals surface area (Å²) in [5.41, 5.74) is 16.2. The van der Waals surface area contributed by atoms with Crippen LogP contribution in [-0.2, 0) is 0 Å². The molecule has 0 amide bonds. The van der Waals surface area contributed by atoms with Gasteiger partial charge >= 0.3 is 0 Å². The Bertz CT molecular complexity index is 3490. The first-order valence-electron chi connectivity index (χ1n) is 23.3. The molecule has 1 saturated carbocycles. The minimum Gasteiger partial charge on any atom is -0.309 e. The molecule has 0 bridgehead atoms. The van der Waals surface area contributed by atoms with Crippen LogP contribution in [0.2, 0.25) is 0 Å². The Balaban J connectivity index is 1.13. The van der Waals surface area contributed by atoms with E-state index in [-0.39, 0.29) is 0 Å². The van der Waals surface area contributed by atoms with Crippen LogP contribution in [0.15, 0.2) is 206 Å². The van der Waals surface area contributed by atoms with Gasteiger partial charge in [0.1, 0.15) is 0 Å². The highest BCUT2D eigenvalue weighted by Gasteiger charge is 2.26. The van der Waals surface area contributed by atoms with Gasteiger partial charge in [-0.05, 0) is 118 Å². The van der Waals surface area contributed by atoms with Crippen molar-refractivity contribution in [1.82, 2.24) is 4.57 Å². The molecule has 0 radical (unpaired) electrons. The predicted molar refractivity (Wildman–Crippen MR) is 272 cm³/mol. The van der Waals surface area contributed by atoms with Crippen LogP contribution in [0.25, 0.3) is 72.2 Å². The van der Waals surface area contributed by atoms with E-state index < -0.39 is 0 Å². The third-order valence-electron chi connectivity index (χ3n) is 14.1. The Morgan fingerprint density at radius 1 is 0.469 bits per heavy atom. The van der Waals surface area contributed by atoms with Gasteiger partial charge in [0.05, 0.1) is 22.4 Å². The van der Waals surface area contributed by atoms with Gasteiger partial charge in [-0.25, -0.2) is 0 Å². The fraction of sp³-hybridized carbons (Fsp3) is 0.129. The van der Waals surface area contributed by atoms with Crippen LogP contribution in [0.5, 0.6) is 0 Å². The number of anilines is 3. The first-order valence-corrected chi connectivity index (χ1v) is 23.3. The molecule has 2 nitrogen and oxygen atoms in total. The van der Waals surface area contributed by atoms with Crippen molar-refractivity contribution in [1.29, 1.82) is 0 Å². The molecule has 1 aromatic heterocycles. The lowest BCUT2D eigenvalue weighted by Crippen LogP contribution is -2.35. The Morgan fingerprint density at radius 3 is 1.98 bits per heavy atom. The topological polar surface area (TPSA) is 8.17 Å². The highest BCUT2D eigenvalue weighted by atomic mass is 15.1. The number of aromatic nitrogens is 1. The second kappa shape index (κ2) is 16.4. The van der Waals surface area contributed by atoms with E-state index in [1.807, 2.05) is 0 Å². The SMILES string of the molecule is C1=c2cccc(C3CCCCC3)c2=C(c2ccccc2N(c2cccc(-c3cccc4c5ccccc5n(-c5ccccc5)c34)c2)c2ccccc2-c2cccc3ccccc23)CC1. The molecule has 0 aliphatic heterocycles. The summed E-state index contributed by atoms with van der Waals surface area (Å²) in [5.74, 6) is 0.603. The lowest BCUT2D eigenvalue weighted by atomic mass is 9.80. The smallest absolute Gasteiger partial charge is 0.0619 e. The van der Waals surface area contributed by atoms with Gasteiger partial charge in [0.15, 0.2) is 0 Å². The predicted octanol–water partition coefficient (Wildman–Crippen LogP) is 15.6. The molecule has 9 aromatic carbocycles. The number of rotatable bonds is 8. The summed E-state index contributed by atoms with van der Waals surface area (Å²) in [4.78, 5) is 2.57. The van der Waals surface area contributed by atoms with Crippen LogP contribution in [0.3, 0.4) is 0 Å². The molecule has 0 saturated heterocycles. The lowest BCUT2D eigenvalue weighted by Gasteiger charge is -2.31. The summed E-state index contributed by atoms with van der Waals surface area (Å²) in [6.07, 6.45) is 11.1. The normalized spacial score (nSPS) is 14.2. The first-order chi connectivity index (χ1) is 31.8. The van der Waals surface area contributed by atoms with Gasteiger partial charge in [-0.15, -0.1) is 0 Å². The van der Waals surface area contributed by atoms with Crippen molar-refractivity contribution in [2.24, 2.45) is 0 Å². The van der Waals surface area contributed by atoms with Gasteiger partial charge in [-0.3, -0.25) is 0 Å². The quantitative estimate of drug-likeness (QED) is 0.148. The molecule has 2 aliphatic rings. The minimum absolute atomic E-state index is 0.603. The van der Waals surface area contributed by atoms with Crippen LogP contribution < -0.4 is 15.3 Å². The molecule has 1 fully saturated rings. The maximum absolute atomic E-state index is 2.57. The summed E-state index contributed by atoms with van der Waals surface area (Å²) in [6, 6.07) is 76.7. The number of hydrogen-bond acceptors (Lipinski definition) is 1. The molecule has 2 aliphatic carbocycles. The lowest BCUT2D eigenvalue weighted by molar-refractivity contribution is 0.442. The minimum atomic E-state index is 0.603. The second-order valence-electron chi connectivity index (χ2n) is 17.7. The Hall–Kier alpha value is -7.42. The van der Waals surface area contributed by atoms with Crippen LogP contribution >= 0.6 is 0 Å². The van der Waals surface area contributed by atoms with Crippen LogP contribution in [0.4, 0.5) is 17.1 Å². The average molecular weight is 823 g/mol. The zero-order valence-electron chi connectivity index (χ0n) is 36.1. The summed E-state index contributed by atoms with van der Waals surface area (Å²) in [6.45, 7) is 0. The van der Waals surface area contributed by atoms with E-state index in [0.717, 1.165) is 29.9 Å². The maximum atomic E-state index is 2.57. The Labute approximate surface area is 375 Å². The summed E-state index contributed by atoms with van der Waals surface area (Å²) in [7, 11) is 0. The number of hydrogen-bond donors (Lipinski definition) is 0. The number of fused-ring (bicyclic) bond motifs is 5. The van der Waals surface area contributed by atoms with Crippen molar-refractivity contribution in [3.05, 3.63) is 228 Å². The van der Waals surface area contributed by atoms with Gasteiger partial charge in [0.25, 0.3) is 0 Å². The van der Waals surface area contributed by atoms with Crippen LogP contribution in [-0.4, -0.2) is 4.57 Å². The van der Waals surface area contributed by atoms with E-state index >= 15 is 0 Å². The van der Waals surface area contributed by atoms with E-state index in [4.69, 9.17) is 0 Å². The van der Waals surface area contributed by atoms with E-state index in [0.29, 0.717) is 5.92 Å². The highest BCUT2D eigenvalue weighted by molar-refractivity contribution is 6.14. The number of benzene rings is 9. The summed E-state index contributed by atoms with van der Waals surface area (Å²) >= 11 is 0. The number of nitrogens with zero attached hydrogens (tertiary/aromatic N) is 2. The molecule has 1 heterocycles. The van der Waals surface area contributed by atoms with Gasteiger partial charge < -0.3 is 9.47 Å². The highest BCUT2D eigenvalue weighted by Crippen LogP contribution is 2.47. The van der Waals surface area contributed by atoms with Crippen molar-refractivity contribution in [2.45, 2.75) is 50.9 Å². The van der Waals surface area contributed by atoms with Crippen molar-refractivity contribution in [3.63, 3.8) is 0 Å². The molecule has 308 valence electrons. The molecule has 0 unspecified atom stereocenters. The fourth-order valence-corrected chi connectivity index (χ4v) is 11.2.